The van der Waals surface area contributed by atoms with Gasteiger partial charge in [0.15, 0.2) is 0 Å². The van der Waals surface area contributed by atoms with Gasteiger partial charge in [-0.1, -0.05) is 12.1 Å². The molecule has 1 aliphatic rings. The van der Waals surface area contributed by atoms with Crippen molar-refractivity contribution >= 4 is 22.6 Å². The molecule has 0 bridgehead atoms. The minimum absolute atomic E-state index is 0.164. The number of sulfonamides is 1. The summed E-state index contributed by atoms with van der Waals surface area (Å²) in [4.78, 5) is 0. The van der Waals surface area contributed by atoms with Crippen LogP contribution >= 0.6 is 0 Å². The SMILES string of the molecule is COc1ccc(B(O)O)cc1CN1CCCS1(=O)=O. The van der Waals surface area contributed by atoms with E-state index in [0.717, 1.165) is 0 Å². The van der Waals surface area contributed by atoms with Crippen LogP contribution in [-0.4, -0.2) is 49.3 Å². The van der Waals surface area contributed by atoms with E-state index in [1.807, 2.05) is 0 Å². The summed E-state index contributed by atoms with van der Waals surface area (Å²) in [5.41, 5.74) is 0.936. The van der Waals surface area contributed by atoms with E-state index in [1.54, 1.807) is 12.1 Å². The predicted molar refractivity (Wildman–Crippen MR) is 71.6 cm³/mol. The summed E-state index contributed by atoms with van der Waals surface area (Å²) in [6, 6.07) is 4.69. The molecule has 0 spiro atoms. The first-order valence-corrected chi connectivity index (χ1v) is 7.56. The zero-order chi connectivity index (χ0) is 14.0. The lowest BCUT2D eigenvalue weighted by Crippen LogP contribution is -2.31. The van der Waals surface area contributed by atoms with Gasteiger partial charge in [0.25, 0.3) is 0 Å². The van der Waals surface area contributed by atoms with Crippen molar-refractivity contribution in [2.75, 3.05) is 19.4 Å². The largest absolute Gasteiger partial charge is 0.496 e. The molecule has 104 valence electrons. The summed E-state index contributed by atoms with van der Waals surface area (Å²) in [7, 11) is -3.28. The quantitative estimate of drug-likeness (QED) is 0.686. The number of benzene rings is 1. The Labute approximate surface area is 112 Å². The van der Waals surface area contributed by atoms with Gasteiger partial charge in [-0.15, -0.1) is 0 Å². The number of hydrogen-bond donors (Lipinski definition) is 2. The van der Waals surface area contributed by atoms with E-state index < -0.39 is 17.1 Å². The molecular weight excluding hydrogens is 269 g/mol. The van der Waals surface area contributed by atoms with Crippen molar-refractivity contribution < 1.29 is 23.2 Å². The van der Waals surface area contributed by atoms with Crippen LogP contribution < -0.4 is 10.2 Å². The Balaban J connectivity index is 2.30. The predicted octanol–water partition coefficient (Wildman–Crippen LogP) is -1.09. The Morgan fingerprint density at radius 3 is 2.68 bits per heavy atom. The molecule has 0 aromatic heterocycles. The van der Waals surface area contributed by atoms with Crippen LogP contribution in [0.15, 0.2) is 18.2 Å². The second-order valence-electron chi connectivity index (χ2n) is 4.45. The lowest BCUT2D eigenvalue weighted by molar-refractivity contribution is 0.391. The van der Waals surface area contributed by atoms with Crippen LogP contribution in [0.25, 0.3) is 0 Å². The third-order valence-corrected chi connectivity index (χ3v) is 5.06. The van der Waals surface area contributed by atoms with Crippen LogP contribution in [0.5, 0.6) is 5.75 Å². The van der Waals surface area contributed by atoms with Crippen molar-refractivity contribution in [2.45, 2.75) is 13.0 Å². The Morgan fingerprint density at radius 1 is 1.42 bits per heavy atom. The van der Waals surface area contributed by atoms with Crippen molar-refractivity contribution in [3.05, 3.63) is 23.8 Å². The van der Waals surface area contributed by atoms with E-state index in [1.165, 1.54) is 17.5 Å². The van der Waals surface area contributed by atoms with Crippen LogP contribution in [0.3, 0.4) is 0 Å². The van der Waals surface area contributed by atoms with E-state index >= 15 is 0 Å². The van der Waals surface area contributed by atoms with E-state index in [-0.39, 0.29) is 12.3 Å². The number of hydrogen-bond acceptors (Lipinski definition) is 5. The summed E-state index contributed by atoms with van der Waals surface area (Å²) in [5, 5.41) is 18.3. The highest BCUT2D eigenvalue weighted by atomic mass is 32.2. The summed E-state index contributed by atoms with van der Waals surface area (Å²) in [6.45, 7) is 0.670. The summed E-state index contributed by atoms with van der Waals surface area (Å²) >= 11 is 0. The molecule has 0 unspecified atom stereocenters. The van der Waals surface area contributed by atoms with Crippen molar-refractivity contribution in [3.63, 3.8) is 0 Å². The second-order valence-corrected chi connectivity index (χ2v) is 6.54. The molecule has 0 amide bonds. The van der Waals surface area contributed by atoms with E-state index in [9.17, 15) is 8.42 Å². The highest BCUT2D eigenvalue weighted by Crippen LogP contribution is 2.23. The maximum atomic E-state index is 11.8. The summed E-state index contributed by atoms with van der Waals surface area (Å²) in [5.74, 6) is 0.698. The molecule has 0 saturated carbocycles. The minimum atomic E-state index is -3.19. The maximum Gasteiger partial charge on any atom is 0.488 e. The molecular formula is C11H16BNO5S. The lowest BCUT2D eigenvalue weighted by atomic mass is 9.79. The number of ether oxygens (including phenoxy) is 1. The third-order valence-electron chi connectivity index (χ3n) is 3.15. The van der Waals surface area contributed by atoms with Gasteiger partial charge in [0, 0.05) is 18.7 Å². The standard InChI is InChI=1S/C11H16BNO5S/c1-18-11-4-3-10(12(14)15)7-9(11)8-13-5-2-6-19(13,16)17/h3-4,7,14-15H,2,5-6,8H2,1H3. The first kappa shape index (κ1) is 14.3. The van der Waals surface area contributed by atoms with Gasteiger partial charge < -0.3 is 14.8 Å². The Hall–Kier alpha value is -1.09. The van der Waals surface area contributed by atoms with Gasteiger partial charge in [-0.25, -0.2) is 8.42 Å². The minimum Gasteiger partial charge on any atom is -0.496 e. The van der Waals surface area contributed by atoms with E-state index in [4.69, 9.17) is 14.8 Å². The monoisotopic (exact) mass is 285 g/mol. The van der Waals surface area contributed by atoms with Crippen LogP contribution in [0, 0.1) is 0 Å². The van der Waals surface area contributed by atoms with Crippen molar-refractivity contribution in [3.8, 4) is 5.75 Å². The van der Waals surface area contributed by atoms with Crippen LogP contribution in [-0.2, 0) is 16.6 Å². The van der Waals surface area contributed by atoms with Gasteiger partial charge in [0.2, 0.25) is 10.0 Å². The highest BCUT2D eigenvalue weighted by molar-refractivity contribution is 7.89. The summed E-state index contributed by atoms with van der Waals surface area (Å²) < 4.78 is 30.1. The third kappa shape index (κ3) is 3.09. The van der Waals surface area contributed by atoms with Gasteiger partial charge in [-0.3, -0.25) is 0 Å². The second kappa shape index (κ2) is 5.50. The molecule has 1 aromatic carbocycles. The normalized spacial score (nSPS) is 18.5. The molecule has 1 fully saturated rings. The smallest absolute Gasteiger partial charge is 0.488 e. The highest BCUT2D eigenvalue weighted by Gasteiger charge is 2.29. The Kier molecular flexibility index (Phi) is 4.15. The molecule has 0 radical (unpaired) electrons. The maximum absolute atomic E-state index is 11.8. The van der Waals surface area contributed by atoms with Gasteiger partial charge in [0.1, 0.15) is 5.75 Å². The fourth-order valence-electron chi connectivity index (χ4n) is 2.14. The first-order chi connectivity index (χ1) is 8.94. The zero-order valence-electron chi connectivity index (χ0n) is 10.6. The molecule has 1 saturated heterocycles. The van der Waals surface area contributed by atoms with Crippen molar-refractivity contribution in [1.29, 1.82) is 0 Å². The molecule has 6 nitrogen and oxygen atoms in total. The van der Waals surface area contributed by atoms with Gasteiger partial charge in [-0.05, 0) is 17.9 Å². The van der Waals surface area contributed by atoms with Crippen molar-refractivity contribution in [1.82, 2.24) is 4.31 Å². The molecule has 8 heteroatoms. The molecule has 0 aliphatic carbocycles. The molecule has 19 heavy (non-hydrogen) atoms. The number of nitrogens with zero attached hydrogens (tertiary/aromatic N) is 1. The lowest BCUT2D eigenvalue weighted by Gasteiger charge is -2.17. The first-order valence-electron chi connectivity index (χ1n) is 5.95. The molecule has 1 aromatic rings. The molecule has 2 N–H and O–H groups in total. The number of methoxy groups -OCH3 is 1. The average molecular weight is 285 g/mol. The molecule has 1 heterocycles. The van der Waals surface area contributed by atoms with Gasteiger partial charge in [-0.2, -0.15) is 4.31 Å². The zero-order valence-corrected chi connectivity index (χ0v) is 11.4. The molecule has 0 atom stereocenters. The Morgan fingerprint density at radius 2 is 2.16 bits per heavy atom. The fourth-order valence-corrected chi connectivity index (χ4v) is 3.64. The average Bonchev–Trinajstić information content (AvgIpc) is 2.68. The fraction of sp³-hybridized carbons (Fsp3) is 0.455. The van der Waals surface area contributed by atoms with Crippen LogP contribution in [0.1, 0.15) is 12.0 Å². The molecule has 2 rings (SSSR count). The number of rotatable bonds is 4. The van der Waals surface area contributed by atoms with E-state index in [2.05, 4.69) is 0 Å². The van der Waals surface area contributed by atoms with Crippen LogP contribution in [0.4, 0.5) is 0 Å². The van der Waals surface area contributed by atoms with E-state index in [0.29, 0.717) is 29.7 Å². The Bertz CT molecular complexity index is 560. The van der Waals surface area contributed by atoms with Crippen molar-refractivity contribution in [2.24, 2.45) is 0 Å². The van der Waals surface area contributed by atoms with Gasteiger partial charge >= 0.3 is 7.12 Å². The topological polar surface area (TPSA) is 87.1 Å². The van der Waals surface area contributed by atoms with Crippen LogP contribution in [0.2, 0.25) is 0 Å². The molecule has 1 aliphatic heterocycles. The summed E-state index contributed by atoms with van der Waals surface area (Å²) in [6.07, 6.45) is 0.618. The van der Waals surface area contributed by atoms with Gasteiger partial charge in [0.05, 0.1) is 12.9 Å².